The van der Waals surface area contributed by atoms with Crippen LogP contribution in [-0.4, -0.2) is 32.7 Å². The molecule has 0 radical (unpaired) electrons. The molecule has 138 valence electrons. The summed E-state index contributed by atoms with van der Waals surface area (Å²) in [5, 5.41) is 3.12. The van der Waals surface area contributed by atoms with Crippen molar-refractivity contribution in [2.75, 3.05) is 26.1 Å². The van der Waals surface area contributed by atoms with E-state index in [-0.39, 0.29) is 5.56 Å². The van der Waals surface area contributed by atoms with Crippen LogP contribution in [0.5, 0.6) is 11.5 Å². The molecular formula is C18H17BrClNO5. The zero-order chi connectivity index (χ0) is 19.3. The summed E-state index contributed by atoms with van der Waals surface area (Å²) in [6, 6.07) is 8.03. The first kappa shape index (κ1) is 20.1. The topological polar surface area (TPSA) is 73.9 Å². The second-order valence-electron chi connectivity index (χ2n) is 5.31. The van der Waals surface area contributed by atoms with E-state index in [1.165, 1.54) is 26.4 Å². The van der Waals surface area contributed by atoms with Crippen molar-refractivity contribution in [1.82, 2.24) is 0 Å². The van der Waals surface area contributed by atoms with E-state index < -0.39 is 18.5 Å². The number of carbonyl (C=O) groups excluding carboxylic acids is 2. The smallest absolute Gasteiger partial charge is 0.338 e. The van der Waals surface area contributed by atoms with Crippen LogP contribution in [-0.2, 0) is 9.53 Å². The van der Waals surface area contributed by atoms with Crippen LogP contribution in [0.25, 0.3) is 0 Å². The Balaban J connectivity index is 2.01. The highest BCUT2D eigenvalue weighted by atomic mass is 79.9. The Morgan fingerprint density at radius 2 is 1.69 bits per heavy atom. The van der Waals surface area contributed by atoms with E-state index in [1.54, 1.807) is 18.2 Å². The highest BCUT2D eigenvalue weighted by Crippen LogP contribution is 2.29. The quantitative estimate of drug-likeness (QED) is 0.678. The largest absolute Gasteiger partial charge is 0.497 e. The van der Waals surface area contributed by atoms with Crippen molar-refractivity contribution in [3.05, 3.63) is 51.0 Å². The van der Waals surface area contributed by atoms with E-state index in [2.05, 4.69) is 21.2 Å². The van der Waals surface area contributed by atoms with Crippen molar-refractivity contribution >= 4 is 45.1 Å². The molecular weight excluding hydrogens is 426 g/mol. The predicted octanol–water partition coefficient (Wildman–Crippen LogP) is 4.22. The van der Waals surface area contributed by atoms with Gasteiger partial charge in [0.25, 0.3) is 5.91 Å². The Labute approximate surface area is 164 Å². The Morgan fingerprint density at radius 1 is 1.08 bits per heavy atom. The van der Waals surface area contributed by atoms with Crippen molar-refractivity contribution < 1.29 is 23.8 Å². The van der Waals surface area contributed by atoms with Gasteiger partial charge in [0.1, 0.15) is 11.5 Å². The summed E-state index contributed by atoms with van der Waals surface area (Å²) in [5.41, 5.74) is 1.58. The van der Waals surface area contributed by atoms with Gasteiger partial charge in [0.2, 0.25) is 0 Å². The lowest BCUT2D eigenvalue weighted by Crippen LogP contribution is -2.21. The Bertz CT molecular complexity index is 818. The van der Waals surface area contributed by atoms with Crippen molar-refractivity contribution in [3.63, 3.8) is 0 Å². The molecule has 2 aromatic rings. The highest BCUT2D eigenvalue weighted by molar-refractivity contribution is 9.10. The lowest BCUT2D eigenvalue weighted by molar-refractivity contribution is -0.119. The van der Waals surface area contributed by atoms with E-state index in [1.807, 2.05) is 6.92 Å². The molecule has 0 aromatic heterocycles. The molecule has 0 saturated heterocycles. The van der Waals surface area contributed by atoms with Gasteiger partial charge in [-0.05, 0) is 52.7 Å². The van der Waals surface area contributed by atoms with Crippen LogP contribution < -0.4 is 14.8 Å². The number of benzene rings is 2. The van der Waals surface area contributed by atoms with E-state index in [0.717, 1.165) is 10.0 Å². The Morgan fingerprint density at radius 3 is 2.27 bits per heavy atom. The highest BCUT2D eigenvalue weighted by Gasteiger charge is 2.14. The molecule has 0 saturated carbocycles. The van der Waals surface area contributed by atoms with E-state index in [0.29, 0.717) is 22.2 Å². The fourth-order valence-corrected chi connectivity index (χ4v) is 2.73. The van der Waals surface area contributed by atoms with Crippen molar-refractivity contribution in [3.8, 4) is 11.5 Å². The summed E-state index contributed by atoms with van der Waals surface area (Å²) < 4.78 is 16.0. The SMILES string of the molecule is COc1cc(OC)cc(C(=O)OCC(=O)Nc2cc(Cl)c(Br)cc2C)c1. The molecule has 0 aliphatic carbocycles. The molecule has 6 nitrogen and oxygen atoms in total. The summed E-state index contributed by atoms with van der Waals surface area (Å²) in [6.07, 6.45) is 0. The molecule has 8 heteroatoms. The fraction of sp³-hybridized carbons (Fsp3) is 0.222. The summed E-state index contributed by atoms with van der Waals surface area (Å²) >= 11 is 9.34. The van der Waals surface area contributed by atoms with Crippen molar-refractivity contribution in [2.24, 2.45) is 0 Å². The van der Waals surface area contributed by atoms with Gasteiger partial charge in [0, 0.05) is 16.2 Å². The number of ether oxygens (including phenoxy) is 3. The van der Waals surface area contributed by atoms with Crippen LogP contribution in [0, 0.1) is 6.92 Å². The average molecular weight is 443 g/mol. The number of hydrogen-bond acceptors (Lipinski definition) is 5. The van der Waals surface area contributed by atoms with Crippen molar-refractivity contribution in [2.45, 2.75) is 6.92 Å². The third-order valence-electron chi connectivity index (χ3n) is 3.46. The molecule has 2 aromatic carbocycles. The van der Waals surface area contributed by atoms with E-state index in [4.69, 9.17) is 25.8 Å². The molecule has 2 rings (SSSR count). The number of methoxy groups -OCH3 is 2. The van der Waals surface area contributed by atoms with Gasteiger partial charge in [0.05, 0.1) is 24.8 Å². The van der Waals surface area contributed by atoms with Gasteiger partial charge in [0.15, 0.2) is 6.61 Å². The van der Waals surface area contributed by atoms with Gasteiger partial charge in [-0.3, -0.25) is 4.79 Å². The third kappa shape index (κ3) is 5.12. The third-order valence-corrected chi connectivity index (χ3v) is 4.66. The predicted molar refractivity (Wildman–Crippen MR) is 102 cm³/mol. The van der Waals surface area contributed by atoms with E-state index in [9.17, 15) is 9.59 Å². The maximum Gasteiger partial charge on any atom is 0.338 e. The molecule has 0 heterocycles. The van der Waals surface area contributed by atoms with Crippen LogP contribution in [0.4, 0.5) is 5.69 Å². The summed E-state index contributed by atoms with van der Waals surface area (Å²) in [4.78, 5) is 24.2. The first-order valence-electron chi connectivity index (χ1n) is 7.49. The molecule has 0 atom stereocenters. The number of anilines is 1. The first-order valence-corrected chi connectivity index (χ1v) is 8.67. The minimum Gasteiger partial charge on any atom is -0.497 e. The number of carbonyl (C=O) groups is 2. The summed E-state index contributed by atoms with van der Waals surface area (Å²) in [6.45, 7) is 1.39. The van der Waals surface area contributed by atoms with Crippen LogP contribution in [0.1, 0.15) is 15.9 Å². The molecule has 0 aliphatic rings. The van der Waals surface area contributed by atoms with Gasteiger partial charge in [-0.1, -0.05) is 11.6 Å². The number of aryl methyl sites for hydroxylation is 1. The zero-order valence-electron chi connectivity index (χ0n) is 14.4. The molecule has 0 spiro atoms. The van der Waals surface area contributed by atoms with Crippen molar-refractivity contribution in [1.29, 1.82) is 0 Å². The first-order chi connectivity index (χ1) is 12.3. The Kier molecular flexibility index (Phi) is 6.88. The second kappa shape index (κ2) is 8.91. The maximum absolute atomic E-state index is 12.2. The molecule has 0 unspecified atom stereocenters. The minimum absolute atomic E-state index is 0.219. The van der Waals surface area contributed by atoms with Crippen LogP contribution in [0.15, 0.2) is 34.8 Å². The van der Waals surface area contributed by atoms with Gasteiger partial charge >= 0.3 is 5.97 Å². The van der Waals surface area contributed by atoms with Gasteiger partial charge in [-0.15, -0.1) is 0 Å². The number of amides is 1. The zero-order valence-corrected chi connectivity index (χ0v) is 16.7. The van der Waals surface area contributed by atoms with Gasteiger partial charge < -0.3 is 19.5 Å². The fourth-order valence-electron chi connectivity index (χ4n) is 2.11. The molecule has 0 fully saturated rings. The Hall–Kier alpha value is -2.25. The lowest BCUT2D eigenvalue weighted by atomic mass is 10.2. The normalized spacial score (nSPS) is 10.2. The lowest BCUT2D eigenvalue weighted by Gasteiger charge is -2.11. The van der Waals surface area contributed by atoms with E-state index >= 15 is 0 Å². The standard InChI is InChI=1S/C18H17BrClNO5/c1-10-4-14(19)15(20)8-16(10)21-17(22)9-26-18(23)11-5-12(24-2)7-13(6-11)25-3/h4-8H,9H2,1-3H3,(H,21,22). The monoisotopic (exact) mass is 441 g/mol. The summed E-state index contributed by atoms with van der Waals surface area (Å²) in [7, 11) is 2.95. The number of nitrogens with one attached hydrogen (secondary N) is 1. The van der Waals surface area contributed by atoms with Crippen LogP contribution >= 0.6 is 27.5 Å². The minimum atomic E-state index is -0.664. The number of esters is 1. The average Bonchev–Trinajstić information content (AvgIpc) is 2.63. The summed E-state index contributed by atoms with van der Waals surface area (Å²) in [5.74, 6) is -0.251. The van der Waals surface area contributed by atoms with Crippen LogP contribution in [0.3, 0.4) is 0 Å². The molecule has 1 N–H and O–H groups in total. The van der Waals surface area contributed by atoms with Gasteiger partial charge in [-0.2, -0.15) is 0 Å². The number of rotatable bonds is 6. The van der Waals surface area contributed by atoms with Gasteiger partial charge in [-0.25, -0.2) is 4.79 Å². The molecule has 0 bridgehead atoms. The number of hydrogen-bond donors (Lipinski definition) is 1. The van der Waals surface area contributed by atoms with Crippen LogP contribution in [0.2, 0.25) is 5.02 Å². The molecule has 26 heavy (non-hydrogen) atoms. The second-order valence-corrected chi connectivity index (χ2v) is 6.57. The molecule has 0 aliphatic heterocycles. The number of halogens is 2. The molecule has 1 amide bonds. The maximum atomic E-state index is 12.2.